The van der Waals surface area contributed by atoms with Crippen molar-refractivity contribution >= 4 is 41.5 Å². The van der Waals surface area contributed by atoms with Crippen LogP contribution in [-0.4, -0.2) is 201 Å². The molecule has 0 aliphatic heterocycles. The van der Waals surface area contributed by atoms with Crippen molar-refractivity contribution in [1.29, 1.82) is 0 Å². The standard InChI is InChI=1S/C42H74N6O16S/c1-32(2)36(38(51)47-34(39(52)53)9-7-8-10-44-41(54)64-42(3,4)5)48-35(49)31-63-28-27-62-26-25-61-24-23-60-22-21-59-20-19-58-18-17-57-16-15-56-14-13-55-12-11-43-37(50)33-29-45-40(65-6)46-30-33/h29-30,32,34,36H,7-28,31H2,1-6H3,(H,43,50)(H,44,54)(H,47,51)(H,48,49)(H,52,53)/t34-,36-/m0/s1. The highest BCUT2D eigenvalue weighted by atomic mass is 32.2. The molecule has 0 aliphatic rings. The minimum absolute atomic E-state index is 0.142. The fraction of sp³-hybridized carbons (Fsp3) is 0.786. The first-order chi connectivity index (χ1) is 31.2. The highest BCUT2D eigenvalue weighted by Gasteiger charge is 2.28. The number of hydrogen-bond acceptors (Lipinski definition) is 18. The first-order valence-corrected chi connectivity index (χ1v) is 23.1. The summed E-state index contributed by atoms with van der Waals surface area (Å²) < 4.78 is 54.3. The number of carbonyl (C=O) groups is 5. The number of carbonyl (C=O) groups excluding carboxylic acids is 4. The third-order valence-electron chi connectivity index (χ3n) is 8.28. The number of amides is 4. The monoisotopic (exact) mass is 950 g/mol. The number of carboxylic acids is 1. The molecular formula is C42H74N6O16S. The van der Waals surface area contributed by atoms with Crippen LogP contribution >= 0.6 is 11.8 Å². The number of aromatic nitrogens is 2. The van der Waals surface area contributed by atoms with E-state index in [-0.39, 0.29) is 38.1 Å². The van der Waals surface area contributed by atoms with E-state index in [0.717, 1.165) is 0 Å². The zero-order valence-electron chi connectivity index (χ0n) is 39.0. The molecule has 374 valence electrons. The predicted molar refractivity (Wildman–Crippen MR) is 238 cm³/mol. The van der Waals surface area contributed by atoms with Crippen molar-refractivity contribution in [1.82, 2.24) is 31.2 Å². The quantitative estimate of drug-likeness (QED) is 0.0353. The van der Waals surface area contributed by atoms with E-state index in [9.17, 15) is 29.1 Å². The lowest BCUT2D eigenvalue weighted by Gasteiger charge is -2.24. The molecule has 0 radical (unpaired) electrons. The van der Waals surface area contributed by atoms with Gasteiger partial charge in [-0.15, -0.1) is 0 Å². The summed E-state index contributed by atoms with van der Waals surface area (Å²) in [5.41, 5.74) is -0.223. The normalized spacial score (nSPS) is 12.4. The second-order valence-corrected chi connectivity index (χ2v) is 16.1. The lowest BCUT2D eigenvalue weighted by atomic mass is 10.0. The maximum absolute atomic E-state index is 12.9. The van der Waals surface area contributed by atoms with Crippen molar-refractivity contribution in [2.24, 2.45) is 5.92 Å². The first-order valence-electron chi connectivity index (χ1n) is 21.9. The van der Waals surface area contributed by atoms with Gasteiger partial charge in [0.15, 0.2) is 5.16 Å². The van der Waals surface area contributed by atoms with Gasteiger partial charge in [0.1, 0.15) is 24.3 Å². The van der Waals surface area contributed by atoms with Gasteiger partial charge in [-0.25, -0.2) is 19.6 Å². The Labute approximate surface area is 387 Å². The molecule has 5 N–H and O–H groups in total. The summed E-state index contributed by atoms with van der Waals surface area (Å²) in [7, 11) is 0. The van der Waals surface area contributed by atoms with Crippen molar-refractivity contribution in [2.45, 2.75) is 76.7 Å². The molecule has 1 aromatic rings. The Bertz CT molecular complexity index is 1430. The molecule has 1 aromatic heterocycles. The molecule has 2 atom stereocenters. The van der Waals surface area contributed by atoms with Gasteiger partial charge in [0.2, 0.25) is 11.8 Å². The van der Waals surface area contributed by atoms with Crippen molar-refractivity contribution in [3.8, 4) is 0 Å². The number of nitrogens with one attached hydrogen (secondary N) is 4. The number of carboxylic acid groups (broad SMARTS) is 1. The SMILES string of the molecule is CSc1ncc(C(=O)NCCOCCOCCOCCOCCOCCOCCOCCOCCOCC(=O)N[C@H](C(=O)N[C@@H](CCCCNC(=O)OC(C)(C)C)C(=O)O)C(C)C)cn1. The molecule has 0 aliphatic carbocycles. The topological polar surface area (TPSA) is 272 Å². The lowest BCUT2D eigenvalue weighted by Crippen LogP contribution is -2.54. The average Bonchev–Trinajstić information content (AvgIpc) is 3.26. The maximum Gasteiger partial charge on any atom is 0.407 e. The molecule has 0 bridgehead atoms. The Balaban J connectivity index is 1.89. The van der Waals surface area contributed by atoms with Gasteiger partial charge in [-0.1, -0.05) is 25.6 Å². The third kappa shape index (κ3) is 34.2. The Morgan fingerprint density at radius 3 is 1.49 bits per heavy atom. The van der Waals surface area contributed by atoms with Gasteiger partial charge < -0.3 is 73.7 Å². The number of nitrogens with zero attached hydrogens (tertiary/aromatic N) is 2. The second kappa shape index (κ2) is 38.3. The lowest BCUT2D eigenvalue weighted by molar-refractivity contribution is -0.142. The number of alkyl carbamates (subject to hydrolysis) is 1. The summed E-state index contributed by atoms with van der Waals surface area (Å²) in [6, 6.07) is -2.12. The number of hydrogen-bond donors (Lipinski definition) is 5. The molecule has 0 aromatic carbocycles. The highest BCUT2D eigenvalue weighted by molar-refractivity contribution is 7.98. The molecule has 1 rings (SSSR count). The van der Waals surface area contributed by atoms with Crippen molar-refractivity contribution in [3.63, 3.8) is 0 Å². The van der Waals surface area contributed by atoms with Crippen LogP contribution in [0.4, 0.5) is 4.79 Å². The summed E-state index contributed by atoms with van der Waals surface area (Å²) in [4.78, 5) is 69.1. The molecule has 0 unspecified atom stereocenters. The van der Waals surface area contributed by atoms with Gasteiger partial charge in [-0.2, -0.15) is 0 Å². The maximum atomic E-state index is 12.9. The molecule has 4 amide bonds. The zero-order valence-corrected chi connectivity index (χ0v) is 39.8. The number of rotatable bonds is 41. The Morgan fingerprint density at radius 1 is 0.631 bits per heavy atom. The van der Waals surface area contributed by atoms with Crippen LogP contribution < -0.4 is 21.3 Å². The van der Waals surface area contributed by atoms with Crippen LogP contribution in [-0.2, 0) is 61.8 Å². The number of unbranched alkanes of at least 4 members (excludes halogenated alkanes) is 1. The number of aliphatic carboxylic acids is 1. The van der Waals surface area contributed by atoms with E-state index < -0.39 is 41.6 Å². The fourth-order valence-corrected chi connectivity index (χ4v) is 5.37. The summed E-state index contributed by atoms with van der Waals surface area (Å²) in [6.07, 6.45) is 5.35. The van der Waals surface area contributed by atoms with Gasteiger partial charge in [0.05, 0.1) is 118 Å². The smallest absolute Gasteiger partial charge is 0.407 e. The van der Waals surface area contributed by atoms with Crippen LogP contribution in [0.3, 0.4) is 0 Å². The summed E-state index contributed by atoms with van der Waals surface area (Å²) in [5.74, 6) is -2.90. The molecule has 23 heteroatoms. The average molecular weight is 951 g/mol. The van der Waals surface area contributed by atoms with E-state index in [2.05, 4.69) is 31.2 Å². The number of thioether (sulfide) groups is 1. The van der Waals surface area contributed by atoms with E-state index in [1.807, 2.05) is 6.26 Å². The second-order valence-electron chi connectivity index (χ2n) is 15.3. The fourth-order valence-electron chi connectivity index (χ4n) is 5.05. The van der Waals surface area contributed by atoms with Crippen molar-refractivity contribution in [2.75, 3.05) is 138 Å². The minimum atomic E-state index is -1.20. The molecule has 0 saturated carbocycles. The van der Waals surface area contributed by atoms with Gasteiger partial charge in [-0.3, -0.25) is 14.4 Å². The molecule has 0 saturated heterocycles. The van der Waals surface area contributed by atoms with Crippen LogP contribution in [0.2, 0.25) is 0 Å². The van der Waals surface area contributed by atoms with Crippen LogP contribution in [0.15, 0.2) is 17.6 Å². The minimum Gasteiger partial charge on any atom is -0.480 e. The van der Waals surface area contributed by atoms with Crippen LogP contribution in [0.1, 0.15) is 64.2 Å². The van der Waals surface area contributed by atoms with E-state index in [1.165, 1.54) is 24.2 Å². The largest absolute Gasteiger partial charge is 0.480 e. The Hall–Kier alpha value is -3.78. The van der Waals surface area contributed by atoms with Crippen molar-refractivity contribution in [3.05, 3.63) is 18.0 Å². The first kappa shape index (κ1) is 59.2. The van der Waals surface area contributed by atoms with Crippen molar-refractivity contribution < 1.29 is 76.4 Å². The van der Waals surface area contributed by atoms with Crippen LogP contribution in [0.25, 0.3) is 0 Å². The van der Waals surface area contributed by atoms with Gasteiger partial charge in [-0.05, 0) is 52.2 Å². The molecule has 0 fully saturated rings. The van der Waals surface area contributed by atoms with Gasteiger partial charge in [0, 0.05) is 25.5 Å². The molecule has 1 heterocycles. The molecule has 22 nitrogen and oxygen atoms in total. The van der Waals surface area contributed by atoms with E-state index >= 15 is 0 Å². The molecular weight excluding hydrogens is 877 g/mol. The van der Waals surface area contributed by atoms with Gasteiger partial charge in [0.25, 0.3) is 5.91 Å². The van der Waals surface area contributed by atoms with Crippen LogP contribution in [0, 0.1) is 5.92 Å². The van der Waals surface area contributed by atoms with E-state index in [0.29, 0.717) is 136 Å². The number of ether oxygens (including phenoxy) is 10. The third-order valence-corrected chi connectivity index (χ3v) is 8.86. The zero-order chi connectivity index (χ0) is 48.0. The molecule has 0 spiro atoms. The van der Waals surface area contributed by atoms with E-state index in [4.69, 9.17) is 47.4 Å². The van der Waals surface area contributed by atoms with E-state index in [1.54, 1.807) is 34.6 Å². The highest BCUT2D eigenvalue weighted by Crippen LogP contribution is 2.09. The Morgan fingerprint density at radius 2 is 1.08 bits per heavy atom. The predicted octanol–water partition coefficient (Wildman–Crippen LogP) is 1.48. The Kier molecular flexibility index (Phi) is 34.9. The molecule has 65 heavy (non-hydrogen) atoms. The van der Waals surface area contributed by atoms with Gasteiger partial charge >= 0.3 is 12.1 Å². The summed E-state index contributed by atoms with van der Waals surface area (Å²) in [5, 5.41) is 20.7. The van der Waals surface area contributed by atoms with Crippen LogP contribution in [0.5, 0.6) is 0 Å². The summed E-state index contributed by atoms with van der Waals surface area (Å²) >= 11 is 1.41. The summed E-state index contributed by atoms with van der Waals surface area (Å²) in [6.45, 7) is 15.6.